The Morgan fingerprint density at radius 3 is 3.00 bits per heavy atom. The van der Waals surface area contributed by atoms with Crippen molar-refractivity contribution >= 4 is 22.9 Å². The Morgan fingerprint density at radius 1 is 1.32 bits per heavy atom. The maximum Gasteiger partial charge on any atom is 0.261 e. The number of carbonyl (C=O) groups is 1. The van der Waals surface area contributed by atoms with Gasteiger partial charge in [0.1, 0.15) is 24.9 Å². The lowest BCUT2D eigenvalue weighted by atomic mass is 10.0. The number of nitrogens with one attached hydrogen (secondary N) is 1. The molecule has 1 amide bonds. The van der Waals surface area contributed by atoms with Crippen LogP contribution < -0.4 is 5.43 Å². The minimum Gasteiger partial charge on any atom is -0.507 e. The monoisotopic (exact) mass is 295 g/mol. The number of hydrazone groups is 1. The van der Waals surface area contributed by atoms with Gasteiger partial charge in [0.25, 0.3) is 5.91 Å². The second-order valence-electron chi connectivity index (χ2n) is 4.61. The van der Waals surface area contributed by atoms with Crippen LogP contribution in [-0.2, 0) is 11.3 Å². The molecule has 2 aromatic carbocycles. The van der Waals surface area contributed by atoms with Crippen molar-refractivity contribution in [3.63, 3.8) is 0 Å². The Labute approximate surface area is 125 Å². The normalized spacial score (nSPS) is 11.1. The van der Waals surface area contributed by atoms with Gasteiger partial charge in [-0.15, -0.1) is 0 Å². The summed E-state index contributed by atoms with van der Waals surface area (Å²) in [5.74, 6) is -0.227. The van der Waals surface area contributed by atoms with Crippen LogP contribution in [-0.4, -0.2) is 32.0 Å². The van der Waals surface area contributed by atoms with E-state index in [0.717, 1.165) is 10.8 Å². The maximum absolute atomic E-state index is 11.7. The number of nitrogens with zero attached hydrogens (tertiary/aromatic N) is 4. The van der Waals surface area contributed by atoms with Gasteiger partial charge in [-0.05, 0) is 16.8 Å². The predicted molar refractivity (Wildman–Crippen MR) is 81.4 cm³/mol. The first-order valence-corrected chi connectivity index (χ1v) is 6.59. The van der Waals surface area contributed by atoms with E-state index in [0.29, 0.717) is 5.56 Å². The molecule has 0 aliphatic heterocycles. The van der Waals surface area contributed by atoms with Gasteiger partial charge in [0.05, 0.1) is 6.21 Å². The van der Waals surface area contributed by atoms with Crippen LogP contribution in [0.3, 0.4) is 0 Å². The van der Waals surface area contributed by atoms with Crippen molar-refractivity contribution in [3.8, 4) is 5.75 Å². The lowest BCUT2D eigenvalue weighted by Crippen LogP contribution is -2.23. The van der Waals surface area contributed by atoms with Gasteiger partial charge in [-0.3, -0.25) is 4.79 Å². The van der Waals surface area contributed by atoms with E-state index >= 15 is 0 Å². The van der Waals surface area contributed by atoms with Gasteiger partial charge in [-0.25, -0.2) is 15.1 Å². The number of rotatable bonds is 4. The van der Waals surface area contributed by atoms with Crippen molar-refractivity contribution in [2.75, 3.05) is 0 Å². The number of aromatic hydroxyl groups is 1. The molecule has 0 atom stereocenters. The molecule has 7 nitrogen and oxygen atoms in total. The summed E-state index contributed by atoms with van der Waals surface area (Å²) in [5, 5.41) is 19.5. The second-order valence-corrected chi connectivity index (χ2v) is 4.61. The van der Waals surface area contributed by atoms with E-state index in [-0.39, 0.29) is 18.2 Å². The fourth-order valence-electron chi connectivity index (χ4n) is 2.09. The number of hydrogen-bond donors (Lipinski definition) is 2. The fourth-order valence-corrected chi connectivity index (χ4v) is 2.09. The number of hydrogen-bond acceptors (Lipinski definition) is 5. The highest BCUT2D eigenvalue weighted by atomic mass is 16.3. The molecule has 0 aliphatic carbocycles. The molecular weight excluding hydrogens is 282 g/mol. The highest BCUT2D eigenvalue weighted by Crippen LogP contribution is 2.25. The third-order valence-electron chi connectivity index (χ3n) is 3.10. The molecular formula is C15H13N5O2. The zero-order valence-corrected chi connectivity index (χ0v) is 11.5. The van der Waals surface area contributed by atoms with Gasteiger partial charge < -0.3 is 5.11 Å². The molecule has 2 N–H and O–H groups in total. The van der Waals surface area contributed by atoms with Crippen molar-refractivity contribution in [1.82, 2.24) is 20.2 Å². The molecule has 0 aliphatic rings. The fraction of sp³-hybridized carbons (Fsp3) is 0.0667. The smallest absolute Gasteiger partial charge is 0.261 e. The van der Waals surface area contributed by atoms with Gasteiger partial charge in [0, 0.05) is 5.56 Å². The first-order valence-electron chi connectivity index (χ1n) is 6.59. The Bertz CT molecular complexity index is 827. The van der Waals surface area contributed by atoms with E-state index in [4.69, 9.17) is 0 Å². The Balaban J connectivity index is 1.75. The van der Waals surface area contributed by atoms with Crippen LogP contribution in [0.1, 0.15) is 5.56 Å². The number of amides is 1. The molecule has 110 valence electrons. The molecule has 0 saturated carbocycles. The highest BCUT2D eigenvalue weighted by molar-refractivity contribution is 6.02. The van der Waals surface area contributed by atoms with E-state index in [1.54, 1.807) is 6.07 Å². The molecule has 3 rings (SSSR count). The van der Waals surface area contributed by atoms with Crippen LogP contribution in [0.2, 0.25) is 0 Å². The summed E-state index contributed by atoms with van der Waals surface area (Å²) in [5.41, 5.74) is 2.95. The number of phenols is 1. The zero-order valence-electron chi connectivity index (χ0n) is 11.5. The molecule has 1 aromatic heterocycles. The molecule has 0 radical (unpaired) electrons. The van der Waals surface area contributed by atoms with Gasteiger partial charge in [0.15, 0.2) is 0 Å². The lowest BCUT2D eigenvalue weighted by molar-refractivity contribution is -0.121. The van der Waals surface area contributed by atoms with E-state index in [2.05, 4.69) is 20.6 Å². The Morgan fingerprint density at radius 2 is 2.18 bits per heavy atom. The summed E-state index contributed by atoms with van der Waals surface area (Å²) in [6.45, 7) is 0.0266. The topological polar surface area (TPSA) is 92.4 Å². The lowest BCUT2D eigenvalue weighted by Gasteiger charge is -2.04. The third-order valence-corrected chi connectivity index (χ3v) is 3.10. The average Bonchev–Trinajstić information content (AvgIpc) is 3.02. The van der Waals surface area contributed by atoms with Crippen LogP contribution in [0.15, 0.2) is 54.2 Å². The number of aromatic nitrogens is 3. The van der Waals surface area contributed by atoms with E-state index < -0.39 is 0 Å². The minimum atomic E-state index is -0.332. The standard InChI is InChI=1S/C15H13N5O2/c21-14-6-5-11-3-1-2-4-12(11)13(14)7-17-19-15(22)8-20-10-16-9-18-20/h1-7,9-10,21H,8H2,(H,19,22)/b17-7+. The molecule has 0 bridgehead atoms. The van der Waals surface area contributed by atoms with Crippen molar-refractivity contribution in [2.24, 2.45) is 5.10 Å². The molecule has 0 saturated heterocycles. The van der Waals surface area contributed by atoms with Crippen LogP contribution in [0.25, 0.3) is 10.8 Å². The van der Waals surface area contributed by atoms with Gasteiger partial charge in [0.2, 0.25) is 0 Å². The van der Waals surface area contributed by atoms with Crippen molar-refractivity contribution in [3.05, 3.63) is 54.6 Å². The summed E-state index contributed by atoms with van der Waals surface area (Å²) < 4.78 is 1.39. The molecule has 0 unspecified atom stereocenters. The molecule has 1 heterocycles. The van der Waals surface area contributed by atoms with Crippen molar-refractivity contribution in [1.29, 1.82) is 0 Å². The van der Waals surface area contributed by atoms with Crippen LogP contribution in [0.4, 0.5) is 0 Å². The molecule has 3 aromatic rings. The minimum absolute atomic E-state index is 0.0266. The SMILES string of the molecule is O=C(Cn1cncn1)N/N=C/c1c(O)ccc2ccccc12. The van der Waals surface area contributed by atoms with E-state index in [9.17, 15) is 9.90 Å². The van der Waals surface area contributed by atoms with Crippen molar-refractivity contribution in [2.45, 2.75) is 6.54 Å². The number of fused-ring (bicyclic) bond motifs is 1. The van der Waals surface area contributed by atoms with Crippen LogP contribution in [0, 0.1) is 0 Å². The van der Waals surface area contributed by atoms with Crippen molar-refractivity contribution < 1.29 is 9.90 Å². The maximum atomic E-state index is 11.7. The quantitative estimate of drug-likeness (QED) is 0.560. The van der Waals surface area contributed by atoms with Gasteiger partial charge in [-0.1, -0.05) is 30.3 Å². The summed E-state index contributed by atoms with van der Waals surface area (Å²) in [6, 6.07) is 11.0. The number of phenolic OH excluding ortho intramolecular Hbond substituents is 1. The Hall–Kier alpha value is -3.22. The summed E-state index contributed by atoms with van der Waals surface area (Å²) in [6.07, 6.45) is 4.22. The third kappa shape index (κ3) is 2.93. The summed E-state index contributed by atoms with van der Waals surface area (Å²) >= 11 is 0. The summed E-state index contributed by atoms with van der Waals surface area (Å²) in [4.78, 5) is 15.4. The summed E-state index contributed by atoms with van der Waals surface area (Å²) in [7, 11) is 0. The number of carbonyl (C=O) groups excluding carboxylic acids is 1. The first-order chi connectivity index (χ1) is 10.7. The first kappa shape index (κ1) is 13.7. The van der Waals surface area contributed by atoms with Gasteiger partial charge >= 0.3 is 0 Å². The predicted octanol–water partition coefficient (Wildman–Crippen LogP) is 1.29. The average molecular weight is 295 g/mol. The Kier molecular flexibility index (Phi) is 3.78. The highest BCUT2D eigenvalue weighted by Gasteiger charge is 2.05. The van der Waals surface area contributed by atoms with E-state index in [1.165, 1.54) is 23.6 Å². The second kappa shape index (κ2) is 6.04. The largest absolute Gasteiger partial charge is 0.507 e. The molecule has 22 heavy (non-hydrogen) atoms. The van der Waals surface area contributed by atoms with Crippen LogP contribution in [0.5, 0.6) is 5.75 Å². The molecule has 0 spiro atoms. The van der Waals surface area contributed by atoms with Gasteiger partial charge in [-0.2, -0.15) is 10.2 Å². The van der Waals surface area contributed by atoms with E-state index in [1.807, 2.05) is 30.3 Å². The number of benzene rings is 2. The molecule has 7 heteroatoms. The van der Waals surface area contributed by atoms with Crippen LogP contribution >= 0.6 is 0 Å². The molecule has 0 fully saturated rings. The zero-order chi connectivity index (χ0) is 15.4.